The summed E-state index contributed by atoms with van der Waals surface area (Å²) >= 11 is 0. The van der Waals surface area contributed by atoms with Crippen LogP contribution in [0.1, 0.15) is 67.0 Å². The molecular formula is C23H28N4O2. The molecule has 0 bridgehead atoms. The molecular weight excluding hydrogens is 364 g/mol. The lowest BCUT2D eigenvalue weighted by molar-refractivity contribution is 0.0929. The second-order valence-corrected chi connectivity index (χ2v) is 7.34. The molecule has 1 amide bonds. The largest absolute Gasteiger partial charge is 0.489 e. The summed E-state index contributed by atoms with van der Waals surface area (Å²) in [6.07, 6.45) is 3.53. The fraction of sp³-hybridized carbons (Fsp3) is 0.348. The van der Waals surface area contributed by atoms with E-state index in [4.69, 9.17) is 4.74 Å². The van der Waals surface area contributed by atoms with Crippen LogP contribution in [-0.4, -0.2) is 20.7 Å². The zero-order chi connectivity index (χ0) is 20.8. The molecule has 1 N–H and O–H groups in total. The van der Waals surface area contributed by atoms with Gasteiger partial charge in [-0.15, -0.1) is 0 Å². The van der Waals surface area contributed by atoms with E-state index in [2.05, 4.69) is 29.2 Å². The molecule has 0 radical (unpaired) electrons. The molecule has 152 valence electrons. The molecule has 3 aromatic rings. The van der Waals surface area contributed by atoms with Crippen LogP contribution in [-0.2, 0) is 13.2 Å². The van der Waals surface area contributed by atoms with Crippen LogP contribution in [0, 0.1) is 0 Å². The first kappa shape index (κ1) is 20.6. The minimum atomic E-state index is -0.127. The summed E-state index contributed by atoms with van der Waals surface area (Å²) in [6.45, 7) is 9.24. The van der Waals surface area contributed by atoms with Crippen molar-refractivity contribution in [3.05, 3.63) is 77.4 Å². The highest BCUT2D eigenvalue weighted by atomic mass is 16.5. The second kappa shape index (κ2) is 9.37. The number of hydrogen-bond donors (Lipinski definition) is 1. The Labute approximate surface area is 171 Å². The van der Waals surface area contributed by atoms with E-state index < -0.39 is 0 Å². The molecule has 0 saturated carbocycles. The highest BCUT2D eigenvalue weighted by molar-refractivity contribution is 5.93. The summed E-state index contributed by atoms with van der Waals surface area (Å²) < 4.78 is 7.55. The Bertz CT molecular complexity index is 933. The summed E-state index contributed by atoms with van der Waals surface area (Å²) in [5.41, 5.74) is 3.56. The highest BCUT2D eigenvalue weighted by Crippen LogP contribution is 2.20. The maximum absolute atomic E-state index is 12.8. The van der Waals surface area contributed by atoms with E-state index in [0.29, 0.717) is 18.8 Å². The van der Waals surface area contributed by atoms with E-state index in [9.17, 15) is 4.79 Å². The van der Waals surface area contributed by atoms with Gasteiger partial charge in [0.05, 0.1) is 11.7 Å². The van der Waals surface area contributed by atoms with Gasteiger partial charge in [0.15, 0.2) is 0 Å². The fourth-order valence-corrected chi connectivity index (χ4v) is 3.00. The Morgan fingerprint density at radius 1 is 1.17 bits per heavy atom. The molecule has 2 aromatic heterocycles. The number of amides is 1. The lowest BCUT2D eigenvalue weighted by Crippen LogP contribution is -2.28. The normalized spacial score (nSPS) is 12.0. The molecule has 3 rings (SSSR count). The average molecular weight is 393 g/mol. The van der Waals surface area contributed by atoms with Crippen molar-refractivity contribution in [1.29, 1.82) is 0 Å². The van der Waals surface area contributed by atoms with Gasteiger partial charge >= 0.3 is 0 Å². The molecule has 1 unspecified atom stereocenters. The lowest BCUT2D eigenvalue weighted by Gasteiger charge is -2.15. The van der Waals surface area contributed by atoms with Crippen LogP contribution in [0.2, 0.25) is 0 Å². The molecule has 0 spiro atoms. The number of carbonyl (C=O) groups is 1. The van der Waals surface area contributed by atoms with Gasteiger partial charge in [0.2, 0.25) is 0 Å². The van der Waals surface area contributed by atoms with Crippen LogP contribution >= 0.6 is 0 Å². The van der Waals surface area contributed by atoms with Crippen molar-refractivity contribution in [1.82, 2.24) is 20.1 Å². The van der Waals surface area contributed by atoms with E-state index in [1.807, 2.05) is 56.3 Å². The van der Waals surface area contributed by atoms with Crippen molar-refractivity contribution in [3.63, 3.8) is 0 Å². The second-order valence-electron chi connectivity index (χ2n) is 7.34. The monoisotopic (exact) mass is 392 g/mol. The number of nitrogens with zero attached hydrogens (tertiary/aromatic N) is 3. The summed E-state index contributed by atoms with van der Waals surface area (Å²) in [5.74, 6) is 0.948. The van der Waals surface area contributed by atoms with Gasteiger partial charge in [-0.2, -0.15) is 5.10 Å². The van der Waals surface area contributed by atoms with Gasteiger partial charge in [-0.25, -0.2) is 0 Å². The number of benzene rings is 1. The SMILES string of the molecule is CCn1nc(C(C)C)cc1C(=O)NC(C)c1ccc(OCc2cccnc2)cc1. The molecule has 6 nitrogen and oxygen atoms in total. The van der Waals surface area contributed by atoms with Crippen molar-refractivity contribution in [2.45, 2.75) is 52.8 Å². The quantitative estimate of drug-likeness (QED) is 0.613. The third-order valence-electron chi connectivity index (χ3n) is 4.78. The first-order valence-electron chi connectivity index (χ1n) is 9.98. The summed E-state index contributed by atoms with van der Waals surface area (Å²) in [4.78, 5) is 16.9. The van der Waals surface area contributed by atoms with Crippen molar-refractivity contribution >= 4 is 5.91 Å². The molecule has 1 aromatic carbocycles. The Hall–Kier alpha value is -3.15. The van der Waals surface area contributed by atoms with Crippen molar-refractivity contribution in [2.75, 3.05) is 0 Å². The fourth-order valence-electron chi connectivity index (χ4n) is 3.00. The minimum absolute atomic E-state index is 0.115. The molecule has 2 heterocycles. The molecule has 0 aliphatic rings. The molecule has 0 fully saturated rings. The number of aromatic nitrogens is 3. The Balaban J connectivity index is 1.61. The number of ether oxygens (including phenoxy) is 1. The molecule has 0 aliphatic heterocycles. The van der Waals surface area contributed by atoms with Crippen molar-refractivity contribution in [3.8, 4) is 5.75 Å². The maximum atomic E-state index is 12.8. The molecule has 0 saturated heterocycles. The summed E-state index contributed by atoms with van der Waals surface area (Å²) in [6, 6.07) is 13.4. The van der Waals surface area contributed by atoms with Crippen molar-refractivity contribution in [2.24, 2.45) is 0 Å². The third kappa shape index (κ3) is 5.22. The Morgan fingerprint density at radius 2 is 1.93 bits per heavy atom. The first-order chi connectivity index (χ1) is 14.0. The van der Waals surface area contributed by atoms with E-state index >= 15 is 0 Å². The number of nitrogens with one attached hydrogen (secondary N) is 1. The Kier molecular flexibility index (Phi) is 6.65. The zero-order valence-corrected chi connectivity index (χ0v) is 17.4. The van der Waals surface area contributed by atoms with Gasteiger partial charge in [-0.05, 0) is 49.6 Å². The lowest BCUT2D eigenvalue weighted by atomic mass is 10.1. The number of rotatable bonds is 8. The number of pyridine rings is 1. The smallest absolute Gasteiger partial charge is 0.270 e. The zero-order valence-electron chi connectivity index (χ0n) is 17.4. The van der Waals surface area contributed by atoms with E-state index in [-0.39, 0.29) is 17.9 Å². The van der Waals surface area contributed by atoms with E-state index in [1.165, 1.54) is 0 Å². The van der Waals surface area contributed by atoms with E-state index in [1.54, 1.807) is 17.1 Å². The van der Waals surface area contributed by atoms with Gasteiger partial charge in [0.1, 0.15) is 18.1 Å². The van der Waals surface area contributed by atoms with Gasteiger partial charge in [-0.3, -0.25) is 14.5 Å². The van der Waals surface area contributed by atoms with Crippen LogP contribution in [0.15, 0.2) is 54.9 Å². The van der Waals surface area contributed by atoms with Gasteiger partial charge in [0, 0.05) is 24.5 Å². The number of hydrogen-bond acceptors (Lipinski definition) is 4. The number of aryl methyl sites for hydroxylation is 1. The van der Waals surface area contributed by atoms with Crippen LogP contribution < -0.4 is 10.1 Å². The molecule has 6 heteroatoms. The van der Waals surface area contributed by atoms with Crippen LogP contribution in [0.25, 0.3) is 0 Å². The van der Waals surface area contributed by atoms with E-state index in [0.717, 1.165) is 22.6 Å². The van der Waals surface area contributed by atoms with Gasteiger partial charge in [-0.1, -0.05) is 32.0 Å². The van der Waals surface area contributed by atoms with Gasteiger partial charge in [0.25, 0.3) is 5.91 Å². The molecule has 29 heavy (non-hydrogen) atoms. The summed E-state index contributed by atoms with van der Waals surface area (Å²) in [5, 5.41) is 7.59. The maximum Gasteiger partial charge on any atom is 0.270 e. The molecule has 0 aliphatic carbocycles. The average Bonchev–Trinajstić information content (AvgIpc) is 3.18. The standard InChI is InChI=1S/C23H28N4O2/c1-5-27-22(13-21(26-27)16(2)3)23(28)25-17(4)19-8-10-20(11-9-19)29-15-18-7-6-12-24-14-18/h6-14,16-17H,5,15H2,1-4H3,(H,25,28). The molecule has 1 atom stereocenters. The topological polar surface area (TPSA) is 69.0 Å². The van der Waals surface area contributed by atoms with Crippen molar-refractivity contribution < 1.29 is 9.53 Å². The number of carbonyl (C=O) groups excluding carboxylic acids is 1. The van der Waals surface area contributed by atoms with Gasteiger partial charge < -0.3 is 10.1 Å². The third-order valence-corrected chi connectivity index (χ3v) is 4.78. The predicted octanol–water partition coefficient (Wildman–Crippen LogP) is 4.49. The van der Waals surface area contributed by atoms with Crippen LogP contribution in [0.4, 0.5) is 0 Å². The van der Waals surface area contributed by atoms with Crippen LogP contribution in [0.5, 0.6) is 5.75 Å². The minimum Gasteiger partial charge on any atom is -0.489 e. The first-order valence-corrected chi connectivity index (χ1v) is 9.98. The Morgan fingerprint density at radius 3 is 2.55 bits per heavy atom. The van der Waals surface area contributed by atoms with Crippen LogP contribution in [0.3, 0.4) is 0 Å². The summed E-state index contributed by atoms with van der Waals surface area (Å²) in [7, 11) is 0. The highest BCUT2D eigenvalue weighted by Gasteiger charge is 2.18. The predicted molar refractivity (Wildman–Crippen MR) is 113 cm³/mol.